The van der Waals surface area contributed by atoms with Crippen LogP contribution in [0.3, 0.4) is 0 Å². The van der Waals surface area contributed by atoms with E-state index in [0.29, 0.717) is 12.6 Å². The van der Waals surface area contributed by atoms with E-state index < -0.39 is 6.10 Å². The SMILES string of the molecule is CCC(CC)N(CCOC)c1ccccc1C(C)O. The van der Waals surface area contributed by atoms with Gasteiger partial charge in [-0.1, -0.05) is 32.0 Å². The van der Waals surface area contributed by atoms with Crippen LogP contribution in [0.25, 0.3) is 0 Å². The molecule has 0 amide bonds. The quantitative estimate of drug-likeness (QED) is 0.782. The van der Waals surface area contributed by atoms with Crippen LogP contribution in [-0.2, 0) is 4.74 Å². The fourth-order valence-corrected chi connectivity index (χ4v) is 2.52. The highest BCUT2D eigenvalue weighted by atomic mass is 16.5. The summed E-state index contributed by atoms with van der Waals surface area (Å²) < 4.78 is 5.23. The first-order valence-corrected chi connectivity index (χ1v) is 7.18. The molecule has 0 aromatic heterocycles. The molecule has 1 aromatic carbocycles. The van der Waals surface area contributed by atoms with Crippen molar-refractivity contribution < 1.29 is 9.84 Å². The molecule has 3 heteroatoms. The number of aliphatic hydroxyl groups excluding tert-OH is 1. The van der Waals surface area contributed by atoms with Crippen molar-refractivity contribution in [1.29, 1.82) is 0 Å². The minimum atomic E-state index is -0.449. The molecule has 3 nitrogen and oxygen atoms in total. The Morgan fingerprint density at radius 3 is 2.37 bits per heavy atom. The van der Waals surface area contributed by atoms with Crippen molar-refractivity contribution in [2.75, 3.05) is 25.2 Å². The van der Waals surface area contributed by atoms with Crippen molar-refractivity contribution in [3.63, 3.8) is 0 Å². The average Bonchev–Trinajstić information content (AvgIpc) is 2.43. The van der Waals surface area contributed by atoms with E-state index in [1.807, 2.05) is 25.1 Å². The third-order valence-electron chi connectivity index (χ3n) is 3.62. The van der Waals surface area contributed by atoms with Crippen molar-refractivity contribution in [3.8, 4) is 0 Å². The predicted octanol–water partition coefficient (Wildman–Crippen LogP) is 3.38. The lowest BCUT2D eigenvalue weighted by atomic mass is 10.0. The summed E-state index contributed by atoms with van der Waals surface area (Å²) in [5.74, 6) is 0. The third-order valence-corrected chi connectivity index (χ3v) is 3.62. The molecular weight excluding hydrogens is 238 g/mol. The number of hydrogen-bond acceptors (Lipinski definition) is 3. The molecule has 0 aliphatic heterocycles. The van der Waals surface area contributed by atoms with Crippen LogP contribution in [0.1, 0.15) is 45.3 Å². The summed E-state index contributed by atoms with van der Waals surface area (Å²) in [6.45, 7) is 7.79. The Bertz CT molecular complexity index is 362. The highest BCUT2D eigenvalue weighted by molar-refractivity contribution is 5.55. The summed E-state index contributed by atoms with van der Waals surface area (Å²) >= 11 is 0. The van der Waals surface area contributed by atoms with Crippen LogP contribution in [-0.4, -0.2) is 31.4 Å². The van der Waals surface area contributed by atoms with E-state index in [9.17, 15) is 5.11 Å². The van der Waals surface area contributed by atoms with Gasteiger partial charge in [-0.05, 0) is 25.8 Å². The lowest BCUT2D eigenvalue weighted by Gasteiger charge is -2.34. The van der Waals surface area contributed by atoms with Crippen LogP contribution >= 0.6 is 0 Å². The van der Waals surface area contributed by atoms with Crippen molar-refractivity contribution in [2.24, 2.45) is 0 Å². The molecule has 0 spiro atoms. The Kier molecular flexibility index (Phi) is 6.89. The lowest BCUT2D eigenvalue weighted by molar-refractivity contribution is 0.196. The van der Waals surface area contributed by atoms with Crippen molar-refractivity contribution in [3.05, 3.63) is 29.8 Å². The van der Waals surface area contributed by atoms with Crippen LogP contribution in [0, 0.1) is 0 Å². The van der Waals surface area contributed by atoms with E-state index in [4.69, 9.17) is 4.74 Å². The Morgan fingerprint density at radius 2 is 1.84 bits per heavy atom. The summed E-state index contributed by atoms with van der Waals surface area (Å²) in [7, 11) is 1.73. The maximum Gasteiger partial charge on any atom is 0.0781 e. The van der Waals surface area contributed by atoms with Crippen molar-refractivity contribution in [2.45, 2.75) is 45.8 Å². The largest absolute Gasteiger partial charge is 0.389 e. The van der Waals surface area contributed by atoms with E-state index in [1.165, 1.54) is 0 Å². The lowest BCUT2D eigenvalue weighted by Crippen LogP contribution is -2.37. The molecule has 1 aromatic rings. The molecule has 19 heavy (non-hydrogen) atoms. The molecule has 0 radical (unpaired) electrons. The molecular formula is C16H27NO2. The number of nitrogens with zero attached hydrogens (tertiary/aromatic N) is 1. The summed E-state index contributed by atoms with van der Waals surface area (Å²) in [4.78, 5) is 2.37. The average molecular weight is 265 g/mol. The maximum atomic E-state index is 9.95. The molecule has 0 aliphatic rings. The summed E-state index contributed by atoms with van der Waals surface area (Å²) in [5, 5.41) is 9.95. The second kappa shape index (κ2) is 8.18. The van der Waals surface area contributed by atoms with Crippen molar-refractivity contribution in [1.82, 2.24) is 0 Å². The highest BCUT2D eigenvalue weighted by Crippen LogP contribution is 2.29. The summed E-state index contributed by atoms with van der Waals surface area (Å²) in [6, 6.07) is 8.59. The maximum absolute atomic E-state index is 9.95. The van der Waals surface area contributed by atoms with Gasteiger partial charge in [-0.2, -0.15) is 0 Å². The topological polar surface area (TPSA) is 32.7 Å². The molecule has 0 heterocycles. The minimum Gasteiger partial charge on any atom is -0.389 e. The van der Waals surface area contributed by atoms with Crippen LogP contribution < -0.4 is 4.90 Å². The monoisotopic (exact) mass is 265 g/mol. The van der Waals surface area contributed by atoms with E-state index >= 15 is 0 Å². The van der Waals surface area contributed by atoms with Gasteiger partial charge < -0.3 is 14.7 Å². The van der Waals surface area contributed by atoms with E-state index in [1.54, 1.807) is 7.11 Å². The Labute approximate surface area is 117 Å². The Morgan fingerprint density at radius 1 is 1.21 bits per heavy atom. The van der Waals surface area contributed by atoms with Gasteiger partial charge in [0.2, 0.25) is 0 Å². The number of anilines is 1. The number of ether oxygens (including phenoxy) is 1. The molecule has 1 rings (SSSR count). The third kappa shape index (κ3) is 4.22. The predicted molar refractivity (Wildman–Crippen MR) is 80.7 cm³/mol. The first-order chi connectivity index (χ1) is 9.15. The first-order valence-electron chi connectivity index (χ1n) is 7.18. The molecule has 0 fully saturated rings. The number of aliphatic hydroxyl groups is 1. The van der Waals surface area contributed by atoms with Gasteiger partial charge in [0.15, 0.2) is 0 Å². The summed E-state index contributed by atoms with van der Waals surface area (Å²) in [5.41, 5.74) is 2.12. The van der Waals surface area contributed by atoms with E-state index in [2.05, 4.69) is 24.8 Å². The zero-order valence-corrected chi connectivity index (χ0v) is 12.6. The van der Waals surface area contributed by atoms with Crippen LogP contribution in [0.2, 0.25) is 0 Å². The second-order valence-electron chi connectivity index (χ2n) is 4.89. The molecule has 108 valence electrons. The van der Waals surface area contributed by atoms with E-state index in [0.717, 1.165) is 30.6 Å². The fourth-order valence-electron chi connectivity index (χ4n) is 2.52. The van der Waals surface area contributed by atoms with Gasteiger partial charge in [0, 0.05) is 30.9 Å². The Balaban J connectivity index is 3.08. The normalized spacial score (nSPS) is 12.7. The first kappa shape index (κ1) is 16.0. The van der Waals surface area contributed by atoms with E-state index in [-0.39, 0.29) is 0 Å². The van der Waals surface area contributed by atoms with Crippen LogP contribution in [0.4, 0.5) is 5.69 Å². The van der Waals surface area contributed by atoms with Gasteiger partial charge >= 0.3 is 0 Å². The molecule has 1 unspecified atom stereocenters. The number of rotatable bonds is 8. The van der Waals surface area contributed by atoms with Gasteiger partial charge in [-0.3, -0.25) is 0 Å². The molecule has 0 saturated carbocycles. The fraction of sp³-hybridized carbons (Fsp3) is 0.625. The van der Waals surface area contributed by atoms with Gasteiger partial charge in [0.05, 0.1) is 12.7 Å². The van der Waals surface area contributed by atoms with Gasteiger partial charge in [-0.15, -0.1) is 0 Å². The molecule has 0 saturated heterocycles. The molecule has 1 atom stereocenters. The van der Waals surface area contributed by atoms with Crippen LogP contribution in [0.15, 0.2) is 24.3 Å². The molecule has 1 N–H and O–H groups in total. The standard InChI is InChI=1S/C16H27NO2/c1-5-14(6-2)17(11-12-19-4)16-10-8-7-9-15(16)13(3)18/h7-10,13-14,18H,5-6,11-12H2,1-4H3. The number of benzene rings is 1. The number of para-hydroxylation sites is 1. The van der Waals surface area contributed by atoms with Crippen LogP contribution in [0.5, 0.6) is 0 Å². The summed E-state index contributed by atoms with van der Waals surface area (Å²) in [6.07, 6.45) is 1.73. The van der Waals surface area contributed by atoms with Crippen molar-refractivity contribution >= 4 is 5.69 Å². The highest BCUT2D eigenvalue weighted by Gasteiger charge is 2.19. The zero-order valence-electron chi connectivity index (χ0n) is 12.6. The number of methoxy groups -OCH3 is 1. The smallest absolute Gasteiger partial charge is 0.0781 e. The van der Waals surface area contributed by atoms with Gasteiger partial charge in [0.25, 0.3) is 0 Å². The van der Waals surface area contributed by atoms with Gasteiger partial charge in [0.1, 0.15) is 0 Å². The molecule has 0 bridgehead atoms. The molecule has 0 aliphatic carbocycles. The van der Waals surface area contributed by atoms with Gasteiger partial charge in [-0.25, -0.2) is 0 Å². The Hall–Kier alpha value is -1.06. The minimum absolute atomic E-state index is 0.449. The second-order valence-corrected chi connectivity index (χ2v) is 4.89. The zero-order chi connectivity index (χ0) is 14.3. The number of hydrogen-bond donors (Lipinski definition) is 1.